The molecule has 27 heavy (non-hydrogen) atoms. The van der Waals surface area contributed by atoms with Crippen LogP contribution in [0.1, 0.15) is 24.8 Å². The third-order valence-corrected chi connectivity index (χ3v) is 6.31. The van der Waals surface area contributed by atoms with E-state index in [2.05, 4.69) is 46.2 Å². The van der Waals surface area contributed by atoms with Gasteiger partial charge in [0.15, 0.2) is 0 Å². The first-order valence-electron chi connectivity index (χ1n) is 9.82. The lowest BCUT2D eigenvalue weighted by molar-refractivity contribution is -0.129. The third kappa shape index (κ3) is 3.77. The molecule has 0 bridgehead atoms. The van der Waals surface area contributed by atoms with Gasteiger partial charge in [-0.15, -0.1) is 0 Å². The van der Waals surface area contributed by atoms with E-state index in [1.54, 1.807) is 6.20 Å². The first-order valence-corrected chi connectivity index (χ1v) is 9.82. The smallest absolute Gasteiger partial charge is 0.222 e. The lowest BCUT2D eigenvalue weighted by atomic mass is 9.86. The summed E-state index contributed by atoms with van der Waals surface area (Å²) in [5, 5.41) is 4.34. The molecule has 6 heteroatoms. The van der Waals surface area contributed by atoms with E-state index in [1.807, 2.05) is 28.9 Å². The van der Waals surface area contributed by atoms with Crippen LogP contribution in [0, 0.1) is 0 Å². The van der Waals surface area contributed by atoms with Crippen molar-refractivity contribution in [3.05, 3.63) is 48.3 Å². The van der Waals surface area contributed by atoms with Crippen molar-refractivity contribution >= 4 is 5.91 Å². The summed E-state index contributed by atoms with van der Waals surface area (Å²) in [5.41, 5.74) is 2.52. The molecule has 2 aliphatic heterocycles. The molecule has 1 aromatic carbocycles. The molecular weight excluding hydrogens is 338 g/mol. The maximum Gasteiger partial charge on any atom is 0.222 e. The van der Waals surface area contributed by atoms with E-state index in [4.69, 9.17) is 0 Å². The molecule has 4 rings (SSSR count). The summed E-state index contributed by atoms with van der Waals surface area (Å²) in [6.07, 6.45) is 6.44. The summed E-state index contributed by atoms with van der Waals surface area (Å²) in [5.74, 6) is 0.282. The molecule has 1 atom stereocenters. The molecule has 2 aromatic rings. The maximum absolute atomic E-state index is 12.2. The van der Waals surface area contributed by atoms with E-state index in [1.165, 1.54) is 5.56 Å². The molecule has 144 valence electrons. The zero-order valence-electron chi connectivity index (χ0n) is 16.3. The summed E-state index contributed by atoms with van der Waals surface area (Å²) < 4.78 is 1.90. The Balaban J connectivity index is 1.49. The van der Waals surface area contributed by atoms with Gasteiger partial charge in [0.25, 0.3) is 0 Å². The molecule has 0 saturated carbocycles. The van der Waals surface area contributed by atoms with Gasteiger partial charge in [0.05, 0.1) is 5.69 Å². The number of amides is 1. The molecule has 0 radical (unpaired) electrons. The van der Waals surface area contributed by atoms with Crippen LogP contribution in [-0.2, 0) is 11.3 Å². The minimum absolute atomic E-state index is 0.109. The molecule has 3 heterocycles. The van der Waals surface area contributed by atoms with Gasteiger partial charge in [0.1, 0.15) is 0 Å². The van der Waals surface area contributed by atoms with Crippen molar-refractivity contribution in [2.24, 2.45) is 0 Å². The number of nitrogens with zero attached hydrogens (tertiary/aromatic N) is 5. The quantitative estimate of drug-likeness (QED) is 0.832. The molecule has 1 aromatic heterocycles. The predicted molar refractivity (Wildman–Crippen MR) is 106 cm³/mol. The fourth-order valence-corrected chi connectivity index (χ4v) is 4.45. The maximum atomic E-state index is 12.2. The van der Waals surface area contributed by atoms with Gasteiger partial charge >= 0.3 is 0 Å². The van der Waals surface area contributed by atoms with Gasteiger partial charge in [-0.05, 0) is 43.7 Å². The highest BCUT2D eigenvalue weighted by Crippen LogP contribution is 2.32. The molecule has 1 spiro atoms. The number of carbonyl (C=O) groups is 1. The number of benzene rings is 1. The standard InChI is InChI=1S/C21H29N5O/c1-23-12-9-21(8-7-20(23)27)17-25(14-13-24(21)2)16-18-5-3-6-19(15-18)26-11-4-10-22-26/h3-6,10-11,15H,7-9,12-14,16-17H2,1-2H3/t21-/m1/s1. The van der Waals surface area contributed by atoms with E-state index in [-0.39, 0.29) is 11.4 Å². The van der Waals surface area contributed by atoms with E-state index >= 15 is 0 Å². The Hall–Kier alpha value is -2.18. The number of rotatable bonds is 3. The Morgan fingerprint density at radius 1 is 1.11 bits per heavy atom. The van der Waals surface area contributed by atoms with E-state index in [0.29, 0.717) is 6.42 Å². The van der Waals surface area contributed by atoms with Crippen LogP contribution in [-0.4, -0.2) is 76.2 Å². The summed E-state index contributed by atoms with van der Waals surface area (Å²) in [7, 11) is 4.16. The third-order valence-electron chi connectivity index (χ3n) is 6.31. The van der Waals surface area contributed by atoms with E-state index < -0.39 is 0 Å². The van der Waals surface area contributed by atoms with Crippen molar-refractivity contribution in [2.45, 2.75) is 31.3 Å². The molecule has 1 amide bonds. The van der Waals surface area contributed by atoms with Crippen molar-refractivity contribution in [3.8, 4) is 5.69 Å². The zero-order chi connectivity index (χ0) is 18.9. The van der Waals surface area contributed by atoms with Gasteiger partial charge < -0.3 is 4.90 Å². The normalized spacial score (nSPS) is 25.1. The Bertz CT molecular complexity index is 790. The van der Waals surface area contributed by atoms with Crippen LogP contribution in [0.2, 0.25) is 0 Å². The molecule has 2 fully saturated rings. The largest absolute Gasteiger partial charge is 0.346 e. The van der Waals surface area contributed by atoms with Crippen LogP contribution in [0.4, 0.5) is 0 Å². The SMILES string of the molecule is CN1CC[C@]2(CCC1=O)CN(Cc1cccc(-n3cccn3)c1)CCN2C. The van der Waals surface area contributed by atoms with Crippen molar-refractivity contribution in [1.82, 2.24) is 24.5 Å². The van der Waals surface area contributed by atoms with Gasteiger partial charge in [-0.2, -0.15) is 5.10 Å². The molecule has 0 aliphatic carbocycles. The Morgan fingerprint density at radius 3 is 2.81 bits per heavy atom. The summed E-state index contributed by atoms with van der Waals surface area (Å²) in [6, 6.07) is 10.6. The Kier molecular flexibility index (Phi) is 5.02. The first-order chi connectivity index (χ1) is 13.1. The first kappa shape index (κ1) is 18.2. The number of piperazine rings is 1. The number of aromatic nitrogens is 2. The number of carbonyl (C=O) groups excluding carboxylic acids is 1. The lowest BCUT2D eigenvalue weighted by Gasteiger charge is -2.49. The second-order valence-electron chi connectivity index (χ2n) is 8.04. The molecule has 6 nitrogen and oxygen atoms in total. The number of hydrogen-bond acceptors (Lipinski definition) is 4. The number of likely N-dealkylation sites (tertiary alicyclic amines) is 1. The highest BCUT2D eigenvalue weighted by molar-refractivity contribution is 5.76. The second-order valence-corrected chi connectivity index (χ2v) is 8.04. The molecule has 0 unspecified atom stereocenters. The summed E-state index contributed by atoms with van der Waals surface area (Å²) in [4.78, 5) is 19.1. The van der Waals surface area contributed by atoms with Crippen molar-refractivity contribution in [1.29, 1.82) is 0 Å². The van der Waals surface area contributed by atoms with Gasteiger partial charge in [0, 0.05) is 64.1 Å². The monoisotopic (exact) mass is 367 g/mol. The minimum atomic E-state index is 0.109. The summed E-state index contributed by atoms with van der Waals surface area (Å²) >= 11 is 0. The molecule has 2 saturated heterocycles. The predicted octanol–water partition coefficient (Wildman–Crippen LogP) is 2.00. The molecule has 2 aliphatic rings. The van der Waals surface area contributed by atoms with E-state index in [0.717, 1.165) is 51.3 Å². The van der Waals surface area contributed by atoms with Crippen LogP contribution >= 0.6 is 0 Å². The van der Waals surface area contributed by atoms with Crippen molar-refractivity contribution in [3.63, 3.8) is 0 Å². The van der Waals surface area contributed by atoms with Crippen LogP contribution in [0.5, 0.6) is 0 Å². The van der Waals surface area contributed by atoms with E-state index in [9.17, 15) is 4.79 Å². The Labute approximate surface area is 161 Å². The average molecular weight is 367 g/mol. The fraction of sp³-hybridized carbons (Fsp3) is 0.524. The van der Waals surface area contributed by atoms with Crippen LogP contribution in [0.25, 0.3) is 5.69 Å². The van der Waals surface area contributed by atoms with Gasteiger partial charge in [-0.1, -0.05) is 12.1 Å². The number of likely N-dealkylation sites (N-methyl/N-ethyl adjacent to an activating group) is 1. The lowest BCUT2D eigenvalue weighted by Crippen LogP contribution is -2.60. The Morgan fingerprint density at radius 2 is 2.00 bits per heavy atom. The average Bonchev–Trinajstić information content (AvgIpc) is 3.17. The van der Waals surface area contributed by atoms with Crippen LogP contribution < -0.4 is 0 Å². The van der Waals surface area contributed by atoms with Gasteiger partial charge in [-0.3, -0.25) is 14.6 Å². The van der Waals surface area contributed by atoms with Crippen LogP contribution in [0.15, 0.2) is 42.7 Å². The zero-order valence-corrected chi connectivity index (χ0v) is 16.3. The fourth-order valence-electron chi connectivity index (χ4n) is 4.45. The van der Waals surface area contributed by atoms with Crippen molar-refractivity contribution < 1.29 is 4.79 Å². The topological polar surface area (TPSA) is 44.6 Å². The minimum Gasteiger partial charge on any atom is -0.346 e. The highest BCUT2D eigenvalue weighted by Gasteiger charge is 2.41. The number of hydrogen-bond donors (Lipinski definition) is 0. The summed E-state index contributed by atoms with van der Waals surface area (Å²) in [6.45, 7) is 4.93. The van der Waals surface area contributed by atoms with Gasteiger partial charge in [-0.25, -0.2) is 4.68 Å². The van der Waals surface area contributed by atoms with Gasteiger partial charge in [0.2, 0.25) is 5.91 Å². The molecule has 0 N–H and O–H groups in total. The van der Waals surface area contributed by atoms with Crippen molar-refractivity contribution in [2.75, 3.05) is 40.3 Å². The second kappa shape index (κ2) is 7.44. The van der Waals surface area contributed by atoms with Crippen LogP contribution in [0.3, 0.4) is 0 Å². The molecular formula is C21H29N5O. The highest BCUT2D eigenvalue weighted by atomic mass is 16.2.